The summed E-state index contributed by atoms with van der Waals surface area (Å²) < 4.78 is 10.7. The van der Waals surface area contributed by atoms with Crippen molar-refractivity contribution in [1.82, 2.24) is 5.43 Å². The van der Waals surface area contributed by atoms with Gasteiger partial charge < -0.3 is 9.15 Å². The molecule has 0 bridgehead atoms. The third-order valence-corrected chi connectivity index (χ3v) is 4.08. The molecule has 0 atom stereocenters. The van der Waals surface area contributed by atoms with Crippen molar-refractivity contribution in [2.75, 3.05) is 6.61 Å². The third kappa shape index (κ3) is 5.64. The Hall–Kier alpha value is -4.25. The maximum Gasteiger partial charge on any atom is 0.312 e. The summed E-state index contributed by atoms with van der Waals surface area (Å²) in [5.41, 5.74) is 2.44. The summed E-state index contributed by atoms with van der Waals surface area (Å²) >= 11 is 5.72. The fraction of sp³-hybridized carbons (Fsp3) is 0.0526. The molecular weight excluding hydrogens is 432 g/mol. The zero-order chi connectivity index (χ0) is 22.4. The standard InChI is InChI=1S/C19H13ClN4O7/c20-13-3-7-18(16(9-13)24(28)29)30-11-19(25)22-21-10-15-6-8-17(31-15)12-1-4-14(5-2-12)23(26)27/h1-10H,11H2,(H,22,25)/b21-10-. The SMILES string of the molecule is O=C(COc1ccc(Cl)cc1[N+](=O)[O-])N/N=C\c1ccc(-c2ccc([N+](=O)[O-])cc2)o1. The topological polar surface area (TPSA) is 150 Å². The van der Waals surface area contributed by atoms with Crippen molar-refractivity contribution in [3.63, 3.8) is 0 Å². The maximum atomic E-state index is 11.8. The van der Waals surface area contributed by atoms with Crippen molar-refractivity contribution < 1.29 is 23.8 Å². The summed E-state index contributed by atoms with van der Waals surface area (Å²) in [7, 11) is 0. The molecular formula is C19H13ClN4O7. The Bertz CT molecular complexity index is 1160. The molecule has 0 unspecified atom stereocenters. The van der Waals surface area contributed by atoms with Crippen LogP contribution in [0.4, 0.5) is 11.4 Å². The van der Waals surface area contributed by atoms with Crippen LogP contribution in [0.3, 0.4) is 0 Å². The number of hydrogen-bond donors (Lipinski definition) is 1. The molecule has 0 radical (unpaired) electrons. The number of nitrogens with one attached hydrogen (secondary N) is 1. The predicted molar refractivity (Wildman–Crippen MR) is 110 cm³/mol. The minimum Gasteiger partial charge on any atom is -0.477 e. The van der Waals surface area contributed by atoms with Crippen LogP contribution in [0, 0.1) is 20.2 Å². The molecule has 1 amide bonds. The summed E-state index contributed by atoms with van der Waals surface area (Å²) in [6.45, 7) is -0.508. The van der Waals surface area contributed by atoms with Gasteiger partial charge >= 0.3 is 5.69 Å². The highest BCUT2D eigenvalue weighted by Crippen LogP contribution is 2.29. The van der Waals surface area contributed by atoms with E-state index in [0.717, 1.165) is 6.07 Å². The van der Waals surface area contributed by atoms with E-state index in [1.54, 1.807) is 24.3 Å². The predicted octanol–water partition coefficient (Wildman–Crippen LogP) is 3.95. The van der Waals surface area contributed by atoms with Crippen LogP contribution in [0.15, 0.2) is 64.1 Å². The summed E-state index contributed by atoms with van der Waals surface area (Å²) in [4.78, 5) is 32.4. The summed E-state index contributed by atoms with van der Waals surface area (Å²) in [5, 5.41) is 25.6. The minimum atomic E-state index is -0.670. The molecule has 2 aromatic carbocycles. The van der Waals surface area contributed by atoms with E-state index in [0.29, 0.717) is 17.1 Å². The molecule has 3 rings (SSSR count). The molecule has 158 valence electrons. The van der Waals surface area contributed by atoms with Gasteiger partial charge in [0.05, 0.1) is 16.1 Å². The molecule has 1 aromatic heterocycles. The minimum absolute atomic E-state index is 0.0362. The van der Waals surface area contributed by atoms with Gasteiger partial charge in [-0.2, -0.15) is 5.10 Å². The molecule has 0 fully saturated rings. The molecule has 0 saturated heterocycles. The zero-order valence-corrected chi connectivity index (χ0v) is 16.3. The lowest BCUT2D eigenvalue weighted by Crippen LogP contribution is -2.24. The molecule has 0 aliphatic heterocycles. The lowest BCUT2D eigenvalue weighted by Gasteiger charge is -2.05. The molecule has 1 heterocycles. The molecule has 31 heavy (non-hydrogen) atoms. The van der Waals surface area contributed by atoms with E-state index >= 15 is 0 Å². The number of rotatable bonds is 8. The van der Waals surface area contributed by atoms with E-state index in [1.165, 1.54) is 30.5 Å². The summed E-state index contributed by atoms with van der Waals surface area (Å²) in [6.07, 6.45) is 1.25. The number of halogens is 1. The van der Waals surface area contributed by atoms with Gasteiger partial charge in [0.2, 0.25) is 0 Å². The Morgan fingerprint density at radius 1 is 1.10 bits per heavy atom. The lowest BCUT2D eigenvalue weighted by molar-refractivity contribution is -0.385. The van der Waals surface area contributed by atoms with Gasteiger partial charge in [-0.25, -0.2) is 5.43 Å². The number of hydrogen-bond acceptors (Lipinski definition) is 8. The van der Waals surface area contributed by atoms with Gasteiger partial charge in [0.15, 0.2) is 12.4 Å². The van der Waals surface area contributed by atoms with E-state index in [9.17, 15) is 25.0 Å². The average Bonchev–Trinajstić information content (AvgIpc) is 3.21. The number of ether oxygens (including phenoxy) is 1. The van der Waals surface area contributed by atoms with Crippen LogP contribution in [0.1, 0.15) is 5.76 Å². The van der Waals surface area contributed by atoms with Crippen molar-refractivity contribution in [2.45, 2.75) is 0 Å². The first-order chi connectivity index (χ1) is 14.8. The van der Waals surface area contributed by atoms with E-state index in [2.05, 4.69) is 10.5 Å². The van der Waals surface area contributed by atoms with Crippen LogP contribution in [0.5, 0.6) is 5.75 Å². The highest BCUT2D eigenvalue weighted by Gasteiger charge is 2.16. The molecule has 11 nitrogen and oxygen atoms in total. The Morgan fingerprint density at radius 3 is 2.52 bits per heavy atom. The van der Waals surface area contributed by atoms with Crippen molar-refractivity contribution >= 4 is 35.1 Å². The summed E-state index contributed by atoms with van der Waals surface area (Å²) in [5.74, 6) is 0.0268. The lowest BCUT2D eigenvalue weighted by atomic mass is 10.1. The largest absolute Gasteiger partial charge is 0.477 e. The van der Waals surface area contributed by atoms with Crippen LogP contribution in [0.25, 0.3) is 11.3 Å². The Balaban J connectivity index is 1.55. The number of nitrogens with zero attached hydrogens (tertiary/aromatic N) is 3. The average molecular weight is 445 g/mol. The number of benzene rings is 2. The van der Waals surface area contributed by atoms with Crippen LogP contribution < -0.4 is 10.2 Å². The number of nitro benzene ring substituents is 2. The fourth-order valence-corrected chi connectivity index (χ4v) is 2.59. The van der Waals surface area contributed by atoms with Crippen LogP contribution in [0.2, 0.25) is 5.02 Å². The van der Waals surface area contributed by atoms with Crippen molar-refractivity contribution in [1.29, 1.82) is 0 Å². The first-order valence-corrected chi connectivity index (χ1v) is 8.94. The van der Waals surface area contributed by atoms with E-state index in [4.69, 9.17) is 20.8 Å². The van der Waals surface area contributed by atoms with Gasteiger partial charge in [0.1, 0.15) is 11.5 Å². The van der Waals surface area contributed by atoms with Crippen molar-refractivity contribution in [2.24, 2.45) is 5.10 Å². The number of non-ortho nitro benzene ring substituents is 1. The smallest absolute Gasteiger partial charge is 0.312 e. The number of nitro groups is 2. The van der Waals surface area contributed by atoms with Crippen molar-refractivity contribution in [3.8, 4) is 17.1 Å². The maximum absolute atomic E-state index is 11.8. The normalized spacial score (nSPS) is 10.7. The number of carbonyl (C=O) groups is 1. The van der Waals surface area contributed by atoms with Gasteiger partial charge in [-0.15, -0.1) is 0 Å². The number of carbonyl (C=O) groups excluding carboxylic acids is 1. The number of hydrazone groups is 1. The highest BCUT2D eigenvalue weighted by atomic mass is 35.5. The van der Waals surface area contributed by atoms with Gasteiger partial charge in [-0.3, -0.25) is 25.0 Å². The fourth-order valence-electron chi connectivity index (χ4n) is 2.42. The molecule has 0 aliphatic carbocycles. The molecule has 12 heteroatoms. The molecule has 1 N–H and O–H groups in total. The summed E-state index contributed by atoms with van der Waals surface area (Å²) in [6, 6.07) is 12.9. The van der Waals surface area contributed by atoms with Crippen LogP contribution >= 0.6 is 11.6 Å². The second-order valence-electron chi connectivity index (χ2n) is 5.96. The first-order valence-electron chi connectivity index (χ1n) is 8.57. The quantitative estimate of drug-likeness (QED) is 0.314. The number of furan rings is 1. The Kier molecular flexibility index (Phi) is 6.58. The van der Waals surface area contributed by atoms with Gasteiger partial charge in [-0.1, -0.05) is 11.6 Å². The van der Waals surface area contributed by atoms with Gasteiger partial charge in [0, 0.05) is 28.8 Å². The van der Waals surface area contributed by atoms with E-state index < -0.39 is 22.4 Å². The molecule has 0 aliphatic rings. The molecule has 3 aromatic rings. The third-order valence-electron chi connectivity index (χ3n) is 3.85. The monoisotopic (exact) mass is 444 g/mol. The Labute approximate surface area is 179 Å². The van der Waals surface area contributed by atoms with Crippen molar-refractivity contribution in [3.05, 3.63) is 85.6 Å². The Morgan fingerprint density at radius 2 is 1.84 bits per heavy atom. The highest BCUT2D eigenvalue weighted by molar-refractivity contribution is 6.30. The molecule has 0 spiro atoms. The van der Waals surface area contributed by atoms with E-state index in [1.807, 2.05) is 0 Å². The second-order valence-corrected chi connectivity index (χ2v) is 6.39. The first kappa shape index (κ1) is 21.5. The second kappa shape index (κ2) is 9.50. The zero-order valence-electron chi connectivity index (χ0n) is 15.6. The van der Waals surface area contributed by atoms with E-state index in [-0.39, 0.29) is 22.1 Å². The van der Waals surface area contributed by atoms with Crippen LogP contribution in [-0.4, -0.2) is 28.6 Å². The number of amides is 1. The molecule has 0 saturated carbocycles. The van der Waals surface area contributed by atoms with Crippen LogP contribution in [-0.2, 0) is 4.79 Å². The van der Waals surface area contributed by atoms with Gasteiger partial charge in [0.25, 0.3) is 11.6 Å². The van der Waals surface area contributed by atoms with Gasteiger partial charge in [-0.05, 0) is 36.4 Å².